The fourth-order valence-electron chi connectivity index (χ4n) is 2.46. The van der Waals surface area contributed by atoms with Gasteiger partial charge in [-0.15, -0.1) is 11.3 Å². The molecule has 2 unspecified atom stereocenters. The summed E-state index contributed by atoms with van der Waals surface area (Å²) >= 11 is 1.66. The van der Waals surface area contributed by atoms with E-state index in [1.165, 1.54) is 0 Å². The highest BCUT2D eigenvalue weighted by atomic mass is 32.1. The summed E-state index contributed by atoms with van der Waals surface area (Å²) in [6, 6.07) is 0.538. The van der Waals surface area contributed by atoms with Crippen molar-refractivity contribution in [3.05, 3.63) is 15.6 Å². The van der Waals surface area contributed by atoms with Gasteiger partial charge in [0.05, 0.1) is 21.7 Å². The number of hydrogen-bond acceptors (Lipinski definition) is 5. The Balaban J connectivity index is 2.06. The third-order valence-electron chi connectivity index (χ3n) is 3.65. The topological polar surface area (TPSA) is 39.6 Å². The number of aliphatic hydroxyl groups is 1. The van der Waals surface area contributed by atoms with Crippen LogP contribution in [0.25, 0.3) is 0 Å². The third-order valence-corrected chi connectivity index (χ3v) is 5.00. The summed E-state index contributed by atoms with van der Waals surface area (Å²) in [5.41, 5.74) is 0.983. The zero-order valence-electron chi connectivity index (χ0n) is 11.7. The maximum Gasteiger partial charge on any atom is 0.0948 e. The predicted molar refractivity (Wildman–Crippen MR) is 75.1 cm³/mol. The number of thiazole rings is 1. The van der Waals surface area contributed by atoms with Gasteiger partial charge in [-0.1, -0.05) is 0 Å². The van der Waals surface area contributed by atoms with Gasteiger partial charge in [0.25, 0.3) is 0 Å². The molecule has 1 aliphatic rings. The maximum absolute atomic E-state index is 9.67. The van der Waals surface area contributed by atoms with Gasteiger partial charge >= 0.3 is 0 Å². The number of hydrogen-bond donors (Lipinski definition) is 1. The second kappa shape index (κ2) is 5.65. The Morgan fingerprint density at radius 3 is 2.78 bits per heavy atom. The molecule has 0 saturated carbocycles. The summed E-state index contributed by atoms with van der Waals surface area (Å²) in [4.78, 5) is 10.4. The second-order valence-corrected chi connectivity index (χ2v) is 6.45. The monoisotopic (exact) mass is 269 g/mol. The first-order valence-electron chi connectivity index (χ1n) is 6.50. The zero-order chi connectivity index (χ0) is 13.3. The molecular formula is C13H23N3OS. The SMILES string of the molecule is Cc1nc(CC2CN(C)CCN2C)sc1C(C)O. The van der Waals surface area contributed by atoms with Crippen LogP contribution in [0, 0.1) is 6.92 Å². The van der Waals surface area contributed by atoms with Crippen molar-refractivity contribution in [1.82, 2.24) is 14.8 Å². The van der Waals surface area contributed by atoms with Gasteiger partial charge in [0.2, 0.25) is 0 Å². The average molecular weight is 269 g/mol. The van der Waals surface area contributed by atoms with Crippen molar-refractivity contribution in [3.63, 3.8) is 0 Å². The van der Waals surface area contributed by atoms with Gasteiger partial charge in [0, 0.05) is 32.1 Å². The van der Waals surface area contributed by atoms with Crippen LogP contribution in [-0.2, 0) is 6.42 Å². The lowest BCUT2D eigenvalue weighted by Crippen LogP contribution is -2.50. The molecule has 0 aromatic carbocycles. The molecule has 5 heteroatoms. The Labute approximate surface area is 113 Å². The van der Waals surface area contributed by atoms with Crippen molar-refractivity contribution in [1.29, 1.82) is 0 Å². The molecule has 1 aromatic heterocycles. The quantitative estimate of drug-likeness (QED) is 0.898. The molecule has 1 aromatic rings. The van der Waals surface area contributed by atoms with Crippen LogP contribution in [0.1, 0.15) is 28.6 Å². The summed E-state index contributed by atoms with van der Waals surface area (Å²) in [6.45, 7) is 7.15. The first-order chi connectivity index (χ1) is 8.47. The first-order valence-corrected chi connectivity index (χ1v) is 7.32. The van der Waals surface area contributed by atoms with Crippen molar-refractivity contribution < 1.29 is 5.11 Å². The van der Waals surface area contributed by atoms with Crippen LogP contribution < -0.4 is 0 Å². The number of likely N-dealkylation sites (N-methyl/N-ethyl adjacent to an activating group) is 2. The minimum Gasteiger partial charge on any atom is -0.388 e. The van der Waals surface area contributed by atoms with Crippen LogP contribution in [0.4, 0.5) is 0 Å². The molecule has 0 amide bonds. The molecule has 0 radical (unpaired) electrons. The van der Waals surface area contributed by atoms with Gasteiger partial charge in [-0.05, 0) is 27.9 Å². The molecular weight excluding hydrogens is 246 g/mol. The summed E-state index contributed by atoms with van der Waals surface area (Å²) in [5.74, 6) is 0. The molecule has 2 heterocycles. The molecule has 4 nitrogen and oxygen atoms in total. The van der Waals surface area contributed by atoms with E-state index in [1.54, 1.807) is 11.3 Å². The van der Waals surface area contributed by atoms with Crippen molar-refractivity contribution in [3.8, 4) is 0 Å². The summed E-state index contributed by atoms with van der Waals surface area (Å²) < 4.78 is 0. The number of aliphatic hydroxyl groups excluding tert-OH is 1. The Morgan fingerprint density at radius 2 is 2.17 bits per heavy atom. The highest BCUT2D eigenvalue weighted by Crippen LogP contribution is 2.26. The number of aromatic nitrogens is 1. The lowest BCUT2D eigenvalue weighted by molar-refractivity contribution is 0.114. The minimum atomic E-state index is -0.400. The van der Waals surface area contributed by atoms with Crippen molar-refractivity contribution in [2.45, 2.75) is 32.4 Å². The van der Waals surface area contributed by atoms with Crippen LogP contribution in [0.15, 0.2) is 0 Å². The first kappa shape index (κ1) is 13.9. The summed E-state index contributed by atoms with van der Waals surface area (Å²) in [6.07, 6.45) is 0.585. The lowest BCUT2D eigenvalue weighted by atomic mass is 10.1. The van der Waals surface area contributed by atoms with E-state index in [1.807, 2.05) is 13.8 Å². The van der Waals surface area contributed by atoms with E-state index in [2.05, 4.69) is 28.9 Å². The molecule has 102 valence electrons. The van der Waals surface area contributed by atoms with Gasteiger partial charge in [-0.3, -0.25) is 0 Å². The number of piperazine rings is 1. The van der Waals surface area contributed by atoms with Gasteiger partial charge in [0.15, 0.2) is 0 Å². The molecule has 2 rings (SSSR count). The molecule has 18 heavy (non-hydrogen) atoms. The Kier molecular flexibility index (Phi) is 4.37. The molecule has 1 saturated heterocycles. The number of nitrogens with zero attached hydrogens (tertiary/aromatic N) is 3. The van der Waals surface area contributed by atoms with Crippen LogP contribution in [0.2, 0.25) is 0 Å². The number of aryl methyl sites for hydroxylation is 1. The molecule has 1 N–H and O–H groups in total. The van der Waals surface area contributed by atoms with E-state index in [4.69, 9.17) is 0 Å². The second-order valence-electron chi connectivity index (χ2n) is 5.33. The predicted octanol–water partition coefficient (Wildman–Crippen LogP) is 1.29. The smallest absolute Gasteiger partial charge is 0.0948 e. The van der Waals surface area contributed by atoms with Crippen LogP contribution in [-0.4, -0.2) is 59.7 Å². The summed E-state index contributed by atoms with van der Waals surface area (Å²) in [7, 11) is 4.36. The van der Waals surface area contributed by atoms with Gasteiger partial charge in [-0.2, -0.15) is 0 Å². The van der Waals surface area contributed by atoms with Gasteiger partial charge in [-0.25, -0.2) is 4.98 Å². The van der Waals surface area contributed by atoms with Crippen LogP contribution in [0.3, 0.4) is 0 Å². The normalized spacial score (nSPS) is 24.4. The van der Waals surface area contributed by atoms with E-state index in [0.717, 1.165) is 41.6 Å². The van der Waals surface area contributed by atoms with Gasteiger partial charge < -0.3 is 14.9 Å². The van der Waals surface area contributed by atoms with Crippen LogP contribution >= 0.6 is 11.3 Å². The minimum absolute atomic E-state index is 0.400. The fourth-order valence-corrected chi connectivity index (χ4v) is 3.54. The zero-order valence-corrected chi connectivity index (χ0v) is 12.5. The van der Waals surface area contributed by atoms with Crippen molar-refractivity contribution in [2.75, 3.05) is 33.7 Å². The van der Waals surface area contributed by atoms with E-state index < -0.39 is 6.10 Å². The van der Waals surface area contributed by atoms with E-state index in [-0.39, 0.29) is 0 Å². The van der Waals surface area contributed by atoms with Crippen LogP contribution in [0.5, 0.6) is 0 Å². The van der Waals surface area contributed by atoms with E-state index >= 15 is 0 Å². The molecule has 1 aliphatic heterocycles. The summed E-state index contributed by atoms with van der Waals surface area (Å²) in [5, 5.41) is 10.8. The Morgan fingerprint density at radius 1 is 1.44 bits per heavy atom. The average Bonchev–Trinajstić information content (AvgIpc) is 2.65. The molecule has 1 fully saturated rings. The highest BCUT2D eigenvalue weighted by molar-refractivity contribution is 7.11. The van der Waals surface area contributed by atoms with E-state index in [0.29, 0.717) is 6.04 Å². The number of rotatable bonds is 3. The van der Waals surface area contributed by atoms with E-state index in [9.17, 15) is 5.11 Å². The Bertz CT molecular complexity index is 405. The molecule has 2 atom stereocenters. The maximum atomic E-state index is 9.67. The fraction of sp³-hybridized carbons (Fsp3) is 0.769. The third kappa shape index (κ3) is 3.09. The Hall–Kier alpha value is -0.490. The van der Waals surface area contributed by atoms with Crippen molar-refractivity contribution in [2.24, 2.45) is 0 Å². The largest absolute Gasteiger partial charge is 0.388 e. The highest BCUT2D eigenvalue weighted by Gasteiger charge is 2.24. The molecule has 0 aliphatic carbocycles. The standard InChI is InChI=1S/C13H23N3OS/c1-9-13(10(2)17)18-12(14-9)7-11-8-15(3)5-6-16(11)4/h10-11,17H,5-8H2,1-4H3. The van der Waals surface area contributed by atoms with Gasteiger partial charge in [0.1, 0.15) is 0 Å². The molecule has 0 bridgehead atoms. The molecule has 0 spiro atoms. The lowest BCUT2D eigenvalue weighted by Gasteiger charge is -2.37. The van der Waals surface area contributed by atoms with Crippen molar-refractivity contribution >= 4 is 11.3 Å².